The van der Waals surface area contributed by atoms with Gasteiger partial charge in [0.1, 0.15) is 0 Å². The molecule has 1 atom stereocenters. The summed E-state index contributed by atoms with van der Waals surface area (Å²) in [6, 6.07) is 11.1. The molecule has 24 heavy (non-hydrogen) atoms. The second-order valence-corrected chi connectivity index (χ2v) is 6.90. The molecule has 0 saturated carbocycles. The number of aliphatic hydroxyl groups is 1. The van der Waals surface area contributed by atoms with Crippen LogP contribution in [0.5, 0.6) is 0 Å². The Kier molecular flexibility index (Phi) is 4.53. The van der Waals surface area contributed by atoms with Gasteiger partial charge in [0.25, 0.3) is 5.91 Å². The number of Topliss-reactive ketones (excluding diaryl/α,β-unsaturated/α-hetero) is 1. The van der Waals surface area contributed by atoms with Crippen LogP contribution in [0, 0.1) is 6.92 Å². The molecule has 3 rings (SSSR count). The predicted octanol–water partition coefficient (Wildman–Crippen LogP) is 3.93. The van der Waals surface area contributed by atoms with E-state index in [4.69, 9.17) is 0 Å². The summed E-state index contributed by atoms with van der Waals surface area (Å²) in [5.41, 5.74) is 2.11. The van der Waals surface area contributed by atoms with E-state index in [-0.39, 0.29) is 17.8 Å². The molecule has 0 fully saturated rings. The lowest BCUT2D eigenvalue weighted by atomic mass is 9.94. The van der Waals surface area contributed by atoms with Crippen molar-refractivity contribution in [2.45, 2.75) is 32.9 Å². The molecule has 1 N–H and O–H groups in total. The number of hydrogen-bond acceptors (Lipinski definition) is 4. The molecule has 0 aliphatic carbocycles. The first-order valence-electron chi connectivity index (χ1n) is 7.89. The van der Waals surface area contributed by atoms with Crippen molar-refractivity contribution in [1.29, 1.82) is 0 Å². The third kappa shape index (κ3) is 2.87. The van der Waals surface area contributed by atoms with Gasteiger partial charge in [-0.15, -0.1) is 11.3 Å². The van der Waals surface area contributed by atoms with Crippen LogP contribution in [0.15, 0.2) is 53.1 Å². The maximum absolute atomic E-state index is 12.6. The first kappa shape index (κ1) is 16.5. The standard InChI is InChI=1S/C19H19NO3S/c1-3-15(21)16-17(13-7-4-6-12(2)10-13)20(19(23)18(16)22)11-14-8-5-9-24-14/h4-10,17,22H,3,11H2,1-2H3. The van der Waals surface area contributed by atoms with Crippen LogP contribution in [-0.4, -0.2) is 21.7 Å². The number of rotatable bonds is 5. The van der Waals surface area contributed by atoms with Gasteiger partial charge in [0.2, 0.25) is 0 Å². The summed E-state index contributed by atoms with van der Waals surface area (Å²) in [6.45, 7) is 4.08. The van der Waals surface area contributed by atoms with Gasteiger partial charge in [0, 0.05) is 11.3 Å². The van der Waals surface area contributed by atoms with E-state index in [0.29, 0.717) is 6.54 Å². The van der Waals surface area contributed by atoms with Crippen molar-refractivity contribution >= 4 is 23.0 Å². The van der Waals surface area contributed by atoms with Crippen molar-refractivity contribution < 1.29 is 14.7 Å². The third-order valence-corrected chi connectivity index (χ3v) is 5.05. The quantitative estimate of drug-likeness (QED) is 0.896. The summed E-state index contributed by atoms with van der Waals surface area (Å²) in [4.78, 5) is 27.6. The van der Waals surface area contributed by atoms with Crippen molar-refractivity contribution in [2.75, 3.05) is 0 Å². The Morgan fingerprint density at radius 2 is 2.08 bits per heavy atom. The summed E-state index contributed by atoms with van der Waals surface area (Å²) in [5, 5.41) is 12.3. The van der Waals surface area contributed by atoms with Crippen LogP contribution in [0.1, 0.15) is 35.4 Å². The molecule has 124 valence electrons. The fourth-order valence-corrected chi connectivity index (χ4v) is 3.75. The van der Waals surface area contributed by atoms with Crippen molar-refractivity contribution in [3.8, 4) is 0 Å². The molecule has 4 nitrogen and oxygen atoms in total. The normalized spacial score (nSPS) is 17.7. The van der Waals surface area contributed by atoms with E-state index in [9.17, 15) is 14.7 Å². The van der Waals surface area contributed by atoms with Gasteiger partial charge in [0.15, 0.2) is 11.5 Å². The molecule has 1 aliphatic rings. The Bertz CT molecular complexity index is 808. The Morgan fingerprint density at radius 1 is 1.29 bits per heavy atom. The number of carbonyl (C=O) groups is 2. The highest BCUT2D eigenvalue weighted by Crippen LogP contribution is 2.39. The molecular weight excluding hydrogens is 322 g/mol. The number of thiophene rings is 1. The lowest BCUT2D eigenvalue weighted by molar-refractivity contribution is -0.130. The Balaban J connectivity index is 2.08. The predicted molar refractivity (Wildman–Crippen MR) is 93.7 cm³/mol. The largest absolute Gasteiger partial charge is 0.503 e. The smallest absolute Gasteiger partial charge is 0.290 e. The molecular formula is C19H19NO3S. The van der Waals surface area contributed by atoms with Crippen molar-refractivity contribution in [1.82, 2.24) is 4.90 Å². The molecule has 1 aliphatic heterocycles. The zero-order chi connectivity index (χ0) is 17.3. The third-order valence-electron chi connectivity index (χ3n) is 4.19. The number of aliphatic hydroxyl groups excluding tert-OH is 1. The Hall–Kier alpha value is -2.40. The maximum Gasteiger partial charge on any atom is 0.290 e. The molecule has 1 unspecified atom stereocenters. The summed E-state index contributed by atoms with van der Waals surface area (Å²) in [6.07, 6.45) is 0.252. The fraction of sp³-hybridized carbons (Fsp3) is 0.263. The van der Waals surface area contributed by atoms with Crippen molar-refractivity contribution in [3.63, 3.8) is 0 Å². The van der Waals surface area contributed by atoms with Crippen molar-refractivity contribution in [2.24, 2.45) is 0 Å². The summed E-state index contributed by atoms with van der Waals surface area (Å²) >= 11 is 1.55. The van der Waals surface area contributed by atoms with Gasteiger partial charge < -0.3 is 10.0 Å². The van der Waals surface area contributed by atoms with Gasteiger partial charge in [-0.2, -0.15) is 0 Å². The molecule has 1 aromatic carbocycles. The van der Waals surface area contributed by atoms with Crippen LogP contribution in [0.2, 0.25) is 0 Å². The minimum Gasteiger partial charge on any atom is -0.503 e. The van der Waals surface area contributed by atoms with Crippen LogP contribution >= 0.6 is 11.3 Å². The van der Waals surface area contributed by atoms with E-state index >= 15 is 0 Å². The fourth-order valence-electron chi connectivity index (χ4n) is 3.05. The zero-order valence-electron chi connectivity index (χ0n) is 13.7. The number of amides is 1. The van der Waals surface area contributed by atoms with Crippen LogP contribution in [0.4, 0.5) is 0 Å². The van der Waals surface area contributed by atoms with E-state index in [0.717, 1.165) is 16.0 Å². The van der Waals surface area contributed by atoms with Gasteiger partial charge in [0.05, 0.1) is 18.2 Å². The average Bonchev–Trinajstić information content (AvgIpc) is 3.16. The first-order valence-corrected chi connectivity index (χ1v) is 8.77. The lowest BCUT2D eigenvalue weighted by Gasteiger charge is -2.26. The van der Waals surface area contributed by atoms with E-state index < -0.39 is 17.7 Å². The second-order valence-electron chi connectivity index (χ2n) is 5.87. The van der Waals surface area contributed by atoms with E-state index in [1.54, 1.807) is 23.2 Å². The van der Waals surface area contributed by atoms with Gasteiger partial charge in [-0.3, -0.25) is 9.59 Å². The molecule has 0 saturated heterocycles. The number of benzene rings is 1. The van der Waals surface area contributed by atoms with Gasteiger partial charge in [-0.25, -0.2) is 0 Å². The van der Waals surface area contributed by atoms with E-state index in [2.05, 4.69) is 0 Å². The number of nitrogens with zero attached hydrogens (tertiary/aromatic N) is 1. The molecule has 5 heteroatoms. The van der Waals surface area contributed by atoms with Crippen LogP contribution in [0.25, 0.3) is 0 Å². The summed E-state index contributed by atoms with van der Waals surface area (Å²) in [5.74, 6) is -1.09. The highest BCUT2D eigenvalue weighted by Gasteiger charge is 2.42. The average molecular weight is 341 g/mol. The first-order chi connectivity index (χ1) is 11.5. The van der Waals surface area contributed by atoms with Crippen LogP contribution in [0.3, 0.4) is 0 Å². The second kappa shape index (κ2) is 6.61. The summed E-state index contributed by atoms with van der Waals surface area (Å²) < 4.78 is 0. The monoisotopic (exact) mass is 341 g/mol. The number of carbonyl (C=O) groups excluding carboxylic acids is 2. The minimum absolute atomic E-state index is 0.193. The number of aryl methyl sites for hydroxylation is 1. The molecule has 0 bridgehead atoms. The van der Waals surface area contributed by atoms with Crippen LogP contribution < -0.4 is 0 Å². The van der Waals surface area contributed by atoms with Gasteiger partial charge in [-0.05, 0) is 23.9 Å². The van der Waals surface area contributed by atoms with E-state index in [1.807, 2.05) is 48.7 Å². The summed E-state index contributed by atoms with van der Waals surface area (Å²) in [7, 11) is 0. The Labute approximate surface area is 145 Å². The lowest BCUT2D eigenvalue weighted by Crippen LogP contribution is -2.30. The number of ketones is 1. The topological polar surface area (TPSA) is 57.6 Å². The molecule has 0 spiro atoms. The molecule has 2 aromatic rings. The van der Waals surface area contributed by atoms with Gasteiger partial charge in [-0.1, -0.05) is 42.8 Å². The van der Waals surface area contributed by atoms with Crippen LogP contribution in [-0.2, 0) is 16.1 Å². The highest BCUT2D eigenvalue weighted by molar-refractivity contribution is 7.09. The van der Waals surface area contributed by atoms with E-state index in [1.165, 1.54) is 0 Å². The van der Waals surface area contributed by atoms with Crippen molar-refractivity contribution in [3.05, 3.63) is 69.1 Å². The molecule has 0 radical (unpaired) electrons. The molecule has 1 aromatic heterocycles. The zero-order valence-corrected chi connectivity index (χ0v) is 14.5. The Morgan fingerprint density at radius 3 is 2.71 bits per heavy atom. The molecule has 1 amide bonds. The SMILES string of the molecule is CCC(=O)C1=C(O)C(=O)N(Cc2cccs2)C1c1cccc(C)c1. The van der Waals surface area contributed by atoms with Gasteiger partial charge >= 0.3 is 0 Å². The number of hydrogen-bond donors (Lipinski definition) is 1. The molecule has 2 heterocycles. The highest BCUT2D eigenvalue weighted by atomic mass is 32.1. The minimum atomic E-state index is -0.535. The maximum atomic E-state index is 12.6.